The van der Waals surface area contributed by atoms with E-state index in [9.17, 15) is 0 Å². The van der Waals surface area contributed by atoms with E-state index < -0.39 is 0 Å². The van der Waals surface area contributed by atoms with Crippen molar-refractivity contribution in [3.05, 3.63) is 23.5 Å². The number of anilines is 4. The van der Waals surface area contributed by atoms with Crippen LogP contribution in [0, 0.1) is 0 Å². The summed E-state index contributed by atoms with van der Waals surface area (Å²) in [7, 11) is 1.56. The Hall–Kier alpha value is -2.32. The third kappa shape index (κ3) is 3.27. The van der Waals surface area contributed by atoms with E-state index >= 15 is 0 Å². The van der Waals surface area contributed by atoms with Crippen LogP contribution >= 0.6 is 11.6 Å². The monoisotopic (exact) mass is 362 g/mol. The second-order valence-electron chi connectivity index (χ2n) is 5.91. The highest BCUT2D eigenvalue weighted by Crippen LogP contribution is 2.34. The van der Waals surface area contributed by atoms with E-state index in [1.165, 1.54) is 6.20 Å². The Bertz CT molecular complexity index is 768. The lowest BCUT2D eigenvalue weighted by atomic mass is 10.1. The summed E-state index contributed by atoms with van der Waals surface area (Å²) < 4.78 is 10.7. The van der Waals surface area contributed by atoms with Gasteiger partial charge in [-0.3, -0.25) is 0 Å². The van der Waals surface area contributed by atoms with Gasteiger partial charge in [0.25, 0.3) is 0 Å². The number of fused-ring (bicyclic) bond motifs is 1. The maximum absolute atomic E-state index is 6.03. The maximum Gasteiger partial charge on any atom is 0.237 e. The maximum atomic E-state index is 6.03. The quantitative estimate of drug-likeness (QED) is 0.858. The molecule has 4 rings (SSSR count). The van der Waals surface area contributed by atoms with Crippen molar-refractivity contribution >= 4 is 34.7 Å². The Morgan fingerprint density at radius 1 is 1.32 bits per heavy atom. The van der Waals surface area contributed by atoms with Crippen molar-refractivity contribution in [1.82, 2.24) is 15.0 Å². The fourth-order valence-electron chi connectivity index (χ4n) is 3.12. The molecule has 9 heteroatoms. The van der Waals surface area contributed by atoms with Gasteiger partial charge in [0.05, 0.1) is 30.7 Å². The number of nitrogens with zero attached hydrogens (tertiary/aromatic N) is 4. The van der Waals surface area contributed by atoms with Gasteiger partial charge in [0.2, 0.25) is 11.8 Å². The number of rotatable bonds is 4. The standard InChI is InChI=1S/C16H19ClN6O2/c1-24-15-12(6-10(17)7-18-15)21-16-19-8-13-14(22-16)23(9-20-13)11-2-4-25-5-3-11/h6-8,11,20H,2-5,9H2,1H3,(H,19,21,22). The van der Waals surface area contributed by atoms with Gasteiger partial charge in [-0.15, -0.1) is 0 Å². The first-order valence-corrected chi connectivity index (χ1v) is 8.54. The normalized spacial score (nSPS) is 17.1. The molecule has 8 nitrogen and oxygen atoms in total. The van der Waals surface area contributed by atoms with Crippen LogP contribution in [0.25, 0.3) is 0 Å². The Kier molecular flexibility index (Phi) is 4.46. The van der Waals surface area contributed by atoms with E-state index in [4.69, 9.17) is 21.1 Å². The van der Waals surface area contributed by atoms with Gasteiger partial charge in [0.15, 0.2) is 5.82 Å². The fourth-order valence-corrected chi connectivity index (χ4v) is 3.28. The van der Waals surface area contributed by atoms with E-state index in [2.05, 4.69) is 30.5 Å². The van der Waals surface area contributed by atoms with Crippen LogP contribution in [0.4, 0.5) is 23.1 Å². The molecule has 2 aliphatic rings. The molecule has 0 aromatic carbocycles. The van der Waals surface area contributed by atoms with Crippen LogP contribution in [-0.4, -0.2) is 48.0 Å². The molecular formula is C16H19ClN6O2. The molecule has 0 aliphatic carbocycles. The number of pyridine rings is 1. The average molecular weight is 363 g/mol. The highest BCUT2D eigenvalue weighted by molar-refractivity contribution is 6.30. The van der Waals surface area contributed by atoms with Crippen LogP contribution in [0.15, 0.2) is 18.5 Å². The molecule has 2 aromatic heterocycles. The zero-order valence-electron chi connectivity index (χ0n) is 13.8. The van der Waals surface area contributed by atoms with E-state index in [1.54, 1.807) is 19.4 Å². The van der Waals surface area contributed by atoms with E-state index in [-0.39, 0.29) is 0 Å². The summed E-state index contributed by atoms with van der Waals surface area (Å²) in [6.45, 7) is 2.32. The van der Waals surface area contributed by atoms with Gasteiger partial charge in [-0.05, 0) is 18.9 Å². The van der Waals surface area contributed by atoms with Crippen molar-refractivity contribution in [3.63, 3.8) is 0 Å². The summed E-state index contributed by atoms with van der Waals surface area (Å²) in [6.07, 6.45) is 5.32. The Labute approximate surface area is 150 Å². The van der Waals surface area contributed by atoms with Crippen molar-refractivity contribution in [2.45, 2.75) is 18.9 Å². The third-order valence-electron chi connectivity index (χ3n) is 4.37. The minimum atomic E-state index is 0.424. The first-order valence-electron chi connectivity index (χ1n) is 8.16. The molecule has 2 aromatic rings. The molecule has 0 spiro atoms. The smallest absolute Gasteiger partial charge is 0.237 e. The molecular weight excluding hydrogens is 344 g/mol. The second-order valence-corrected chi connectivity index (χ2v) is 6.35. The minimum absolute atomic E-state index is 0.424. The molecule has 0 amide bonds. The van der Waals surface area contributed by atoms with E-state index in [0.717, 1.165) is 44.2 Å². The van der Waals surface area contributed by atoms with Crippen molar-refractivity contribution in [1.29, 1.82) is 0 Å². The number of nitrogens with one attached hydrogen (secondary N) is 2. The van der Waals surface area contributed by atoms with Gasteiger partial charge in [0.1, 0.15) is 5.69 Å². The summed E-state index contributed by atoms with van der Waals surface area (Å²) in [4.78, 5) is 15.5. The number of methoxy groups -OCH3 is 1. The van der Waals surface area contributed by atoms with Crippen molar-refractivity contribution in [3.8, 4) is 5.88 Å². The minimum Gasteiger partial charge on any atom is -0.480 e. The Morgan fingerprint density at radius 2 is 2.16 bits per heavy atom. The van der Waals surface area contributed by atoms with Gasteiger partial charge < -0.3 is 25.0 Å². The second kappa shape index (κ2) is 6.89. The molecule has 2 aliphatic heterocycles. The number of ether oxygens (including phenoxy) is 2. The summed E-state index contributed by atoms with van der Waals surface area (Å²) in [5.41, 5.74) is 1.56. The molecule has 132 valence electrons. The van der Waals surface area contributed by atoms with Crippen LogP contribution in [0.3, 0.4) is 0 Å². The molecule has 25 heavy (non-hydrogen) atoms. The molecule has 1 fully saturated rings. The SMILES string of the molecule is COc1ncc(Cl)cc1Nc1ncc2c(n1)N(C1CCOCC1)CN2. The number of halogens is 1. The predicted octanol–water partition coefficient (Wildman–Crippen LogP) is 2.65. The number of hydrogen-bond donors (Lipinski definition) is 2. The molecule has 0 atom stereocenters. The van der Waals surface area contributed by atoms with Gasteiger partial charge in [-0.1, -0.05) is 11.6 Å². The first-order chi connectivity index (χ1) is 12.2. The first kappa shape index (κ1) is 16.2. The fraction of sp³-hybridized carbons (Fsp3) is 0.438. The molecule has 4 heterocycles. The van der Waals surface area contributed by atoms with Crippen LogP contribution in [-0.2, 0) is 4.74 Å². The van der Waals surface area contributed by atoms with Crippen LogP contribution < -0.4 is 20.3 Å². The van der Waals surface area contributed by atoms with Gasteiger partial charge in [-0.25, -0.2) is 9.97 Å². The van der Waals surface area contributed by atoms with Crippen molar-refractivity contribution < 1.29 is 9.47 Å². The molecule has 0 saturated carbocycles. The summed E-state index contributed by atoms with van der Waals surface area (Å²) in [5.74, 6) is 1.81. The van der Waals surface area contributed by atoms with Crippen LogP contribution in [0.1, 0.15) is 12.8 Å². The predicted molar refractivity (Wildman–Crippen MR) is 95.9 cm³/mol. The summed E-state index contributed by atoms with van der Waals surface area (Å²) in [5, 5.41) is 7.00. The zero-order valence-corrected chi connectivity index (χ0v) is 14.6. The Morgan fingerprint density at radius 3 is 2.96 bits per heavy atom. The van der Waals surface area contributed by atoms with Gasteiger partial charge >= 0.3 is 0 Å². The molecule has 0 radical (unpaired) electrons. The highest BCUT2D eigenvalue weighted by Gasteiger charge is 2.29. The topological polar surface area (TPSA) is 84.4 Å². The van der Waals surface area contributed by atoms with Crippen molar-refractivity contribution in [2.75, 3.05) is 42.5 Å². The number of aromatic nitrogens is 3. The molecule has 0 unspecified atom stereocenters. The van der Waals surface area contributed by atoms with Crippen LogP contribution in [0.5, 0.6) is 5.88 Å². The molecule has 0 bridgehead atoms. The highest BCUT2D eigenvalue weighted by atomic mass is 35.5. The lowest BCUT2D eigenvalue weighted by Gasteiger charge is -2.31. The zero-order chi connectivity index (χ0) is 17.2. The van der Waals surface area contributed by atoms with E-state index in [0.29, 0.717) is 28.6 Å². The summed E-state index contributed by atoms with van der Waals surface area (Å²) >= 11 is 6.03. The van der Waals surface area contributed by atoms with Gasteiger partial charge in [0, 0.05) is 25.5 Å². The van der Waals surface area contributed by atoms with Crippen LogP contribution in [0.2, 0.25) is 5.02 Å². The number of hydrogen-bond acceptors (Lipinski definition) is 8. The van der Waals surface area contributed by atoms with Gasteiger partial charge in [-0.2, -0.15) is 4.98 Å². The van der Waals surface area contributed by atoms with Crippen molar-refractivity contribution in [2.24, 2.45) is 0 Å². The largest absolute Gasteiger partial charge is 0.480 e. The summed E-state index contributed by atoms with van der Waals surface area (Å²) in [6, 6.07) is 2.16. The lowest BCUT2D eigenvalue weighted by molar-refractivity contribution is 0.0849. The van der Waals surface area contributed by atoms with E-state index in [1.807, 2.05) is 0 Å². The lowest BCUT2D eigenvalue weighted by Crippen LogP contribution is -2.39. The average Bonchev–Trinajstić information content (AvgIpc) is 3.06. The third-order valence-corrected chi connectivity index (χ3v) is 4.58. The molecule has 1 saturated heterocycles. The molecule has 2 N–H and O–H groups in total. The Balaban J connectivity index is 1.60.